The number of rotatable bonds is 6. The standard InChI is InChI=1S/C13H22FN3/c1-10(7-8-17(3)4)16-11(2)13-6-5-12(14)9-15-13/h5-6,9-11,16H,7-8H2,1-4H3. The maximum atomic E-state index is 12.7. The highest BCUT2D eigenvalue weighted by Gasteiger charge is 2.10. The molecule has 0 aromatic carbocycles. The summed E-state index contributed by atoms with van der Waals surface area (Å²) in [5.74, 6) is -0.290. The van der Waals surface area contributed by atoms with Gasteiger partial charge in [0.15, 0.2) is 0 Å². The maximum absolute atomic E-state index is 12.7. The molecule has 4 heteroatoms. The van der Waals surface area contributed by atoms with Gasteiger partial charge in [0.05, 0.1) is 11.9 Å². The average molecular weight is 239 g/mol. The molecule has 0 aliphatic rings. The Balaban J connectivity index is 2.42. The highest BCUT2D eigenvalue weighted by molar-refractivity contribution is 5.09. The molecule has 1 heterocycles. The van der Waals surface area contributed by atoms with E-state index in [0.717, 1.165) is 18.7 Å². The Bertz CT molecular complexity index is 324. The van der Waals surface area contributed by atoms with Crippen LogP contribution >= 0.6 is 0 Å². The SMILES string of the molecule is CC(CCN(C)C)NC(C)c1ccc(F)cn1. The Hall–Kier alpha value is -1.00. The van der Waals surface area contributed by atoms with E-state index in [1.165, 1.54) is 12.3 Å². The normalized spacial score (nSPS) is 14.9. The topological polar surface area (TPSA) is 28.2 Å². The van der Waals surface area contributed by atoms with Crippen LogP contribution in [-0.4, -0.2) is 36.6 Å². The first-order chi connectivity index (χ1) is 7.99. The van der Waals surface area contributed by atoms with E-state index in [-0.39, 0.29) is 11.9 Å². The molecule has 1 aromatic rings. The van der Waals surface area contributed by atoms with E-state index < -0.39 is 0 Å². The minimum absolute atomic E-state index is 0.146. The highest BCUT2D eigenvalue weighted by Crippen LogP contribution is 2.11. The van der Waals surface area contributed by atoms with E-state index in [4.69, 9.17) is 0 Å². The molecule has 2 unspecified atom stereocenters. The summed E-state index contributed by atoms with van der Waals surface area (Å²) in [6, 6.07) is 3.74. The second-order valence-electron chi connectivity index (χ2n) is 4.78. The summed E-state index contributed by atoms with van der Waals surface area (Å²) < 4.78 is 12.7. The van der Waals surface area contributed by atoms with E-state index in [9.17, 15) is 4.39 Å². The third-order valence-electron chi connectivity index (χ3n) is 2.74. The molecule has 0 aliphatic carbocycles. The Kier molecular flexibility index (Phi) is 5.51. The Morgan fingerprint density at radius 3 is 2.59 bits per heavy atom. The summed E-state index contributed by atoms with van der Waals surface area (Å²) in [6.45, 7) is 5.26. The molecule has 0 bridgehead atoms. The molecule has 0 aliphatic heterocycles. The van der Waals surface area contributed by atoms with Crippen molar-refractivity contribution in [1.29, 1.82) is 0 Å². The number of pyridine rings is 1. The summed E-state index contributed by atoms with van der Waals surface area (Å²) in [6.07, 6.45) is 2.34. The molecule has 1 N–H and O–H groups in total. The Morgan fingerprint density at radius 1 is 1.35 bits per heavy atom. The van der Waals surface area contributed by atoms with Gasteiger partial charge in [-0.05, 0) is 53.0 Å². The molecule has 1 aromatic heterocycles. The molecule has 17 heavy (non-hydrogen) atoms. The zero-order valence-corrected chi connectivity index (χ0v) is 11.1. The summed E-state index contributed by atoms with van der Waals surface area (Å²) in [7, 11) is 4.13. The zero-order chi connectivity index (χ0) is 12.8. The van der Waals surface area contributed by atoms with Gasteiger partial charge in [0.2, 0.25) is 0 Å². The fraction of sp³-hybridized carbons (Fsp3) is 0.615. The van der Waals surface area contributed by atoms with Crippen molar-refractivity contribution < 1.29 is 4.39 Å². The summed E-state index contributed by atoms with van der Waals surface area (Å²) in [5, 5.41) is 3.46. The number of aromatic nitrogens is 1. The minimum Gasteiger partial charge on any atom is -0.309 e. The van der Waals surface area contributed by atoms with Gasteiger partial charge >= 0.3 is 0 Å². The summed E-state index contributed by atoms with van der Waals surface area (Å²) >= 11 is 0. The number of nitrogens with zero attached hydrogens (tertiary/aromatic N) is 2. The third-order valence-corrected chi connectivity index (χ3v) is 2.74. The maximum Gasteiger partial charge on any atom is 0.141 e. The first-order valence-electron chi connectivity index (χ1n) is 6.01. The van der Waals surface area contributed by atoms with Crippen molar-refractivity contribution in [3.63, 3.8) is 0 Å². The van der Waals surface area contributed by atoms with Gasteiger partial charge in [-0.25, -0.2) is 4.39 Å². The molecule has 0 saturated carbocycles. The van der Waals surface area contributed by atoms with Crippen molar-refractivity contribution >= 4 is 0 Å². The lowest BCUT2D eigenvalue weighted by atomic mass is 10.1. The molecular formula is C13H22FN3. The van der Waals surface area contributed by atoms with Gasteiger partial charge < -0.3 is 10.2 Å². The van der Waals surface area contributed by atoms with Crippen molar-refractivity contribution in [2.45, 2.75) is 32.4 Å². The second kappa shape index (κ2) is 6.67. The van der Waals surface area contributed by atoms with Gasteiger partial charge in [0.25, 0.3) is 0 Å². The van der Waals surface area contributed by atoms with E-state index in [1.807, 2.05) is 6.92 Å². The fourth-order valence-corrected chi connectivity index (χ4v) is 1.69. The Morgan fingerprint density at radius 2 is 2.06 bits per heavy atom. The average Bonchev–Trinajstić information content (AvgIpc) is 2.27. The van der Waals surface area contributed by atoms with E-state index in [2.05, 4.69) is 36.2 Å². The lowest BCUT2D eigenvalue weighted by Gasteiger charge is -2.21. The van der Waals surface area contributed by atoms with Gasteiger partial charge in [0.1, 0.15) is 5.82 Å². The first kappa shape index (κ1) is 14.1. The van der Waals surface area contributed by atoms with Gasteiger partial charge in [-0.1, -0.05) is 0 Å². The minimum atomic E-state index is -0.290. The second-order valence-corrected chi connectivity index (χ2v) is 4.78. The lowest BCUT2D eigenvalue weighted by molar-refractivity contribution is 0.353. The molecule has 3 nitrogen and oxygen atoms in total. The van der Waals surface area contributed by atoms with Gasteiger partial charge in [-0.2, -0.15) is 0 Å². The fourth-order valence-electron chi connectivity index (χ4n) is 1.69. The molecule has 0 fully saturated rings. The van der Waals surface area contributed by atoms with Crippen LogP contribution < -0.4 is 5.32 Å². The largest absolute Gasteiger partial charge is 0.309 e. The van der Waals surface area contributed by atoms with Gasteiger partial charge in [0, 0.05) is 12.1 Å². The van der Waals surface area contributed by atoms with E-state index >= 15 is 0 Å². The third kappa shape index (κ3) is 5.24. The Labute approximate surface area is 103 Å². The van der Waals surface area contributed by atoms with Crippen LogP contribution in [0.4, 0.5) is 4.39 Å². The molecular weight excluding hydrogens is 217 g/mol. The van der Waals surface area contributed by atoms with Crippen molar-refractivity contribution in [3.8, 4) is 0 Å². The van der Waals surface area contributed by atoms with Crippen LogP contribution in [0.3, 0.4) is 0 Å². The molecule has 96 valence electrons. The van der Waals surface area contributed by atoms with Crippen LogP contribution in [0, 0.1) is 5.82 Å². The van der Waals surface area contributed by atoms with Crippen LogP contribution in [0.2, 0.25) is 0 Å². The summed E-state index contributed by atoms with van der Waals surface area (Å²) in [5.41, 5.74) is 0.878. The first-order valence-corrected chi connectivity index (χ1v) is 6.01. The van der Waals surface area contributed by atoms with E-state index in [1.54, 1.807) is 6.07 Å². The lowest BCUT2D eigenvalue weighted by Crippen LogP contribution is -2.32. The number of hydrogen-bond acceptors (Lipinski definition) is 3. The van der Waals surface area contributed by atoms with Crippen molar-refractivity contribution in [3.05, 3.63) is 29.8 Å². The molecule has 0 amide bonds. The quantitative estimate of drug-likeness (QED) is 0.825. The van der Waals surface area contributed by atoms with Crippen LogP contribution in [0.5, 0.6) is 0 Å². The molecule has 2 atom stereocenters. The molecule has 0 saturated heterocycles. The summed E-state index contributed by atoms with van der Waals surface area (Å²) in [4.78, 5) is 6.24. The van der Waals surface area contributed by atoms with Crippen LogP contribution in [-0.2, 0) is 0 Å². The highest BCUT2D eigenvalue weighted by atomic mass is 19.1. The van der Waals surface area contributed by atoms with Crippen molar-refractivity contribution in [1.82, 2.24) is 15.2 Å². The monoisotopic (exact) mass is 239 g/mol. The van der Waals surface area contributed by atoms with Crippen LogP contribution in [0.25, 0.3) is 0 Å². The van der Waals surface area contributed by atoms with Gasteiger partial charge in [-0.3, -0.25) is 4.98 Å². The smallest absolute Gasteiger partial charge is 0.141 e. The number of hydrogen-bond donors (Lipinski definition) is 1. The van der Waals surface area contributed by atoms with E-state index in [0.29, 0.717) is 6.04 Å². The molecule has 0 spiro atoms. The van der Waals surface area contributed by atoms with Gasteiger partial charge in [-0.15, -0.1) is 0 Å². The van der Waals surface area contributed by atoms with Crippen LogP contribution in [0.15, 0.2) is 18.3 Å². The zero-order valence-electron chi connectivity index (χ0n) is 11.1. The predicted molar refractivity (Wildman–Crippen MR) is 68.4 cm³/mol. The molecule has 1 rings (SSSR count). The van der Waals surface area contributed by atoms with Crippen molar-refractivity contribution in [2.75, 3.05) is 20.6 Å². The van der Waals surface area contributed by atoms with Crippen molar-refractivity contribution in [2.24, 2.45) is 0 Å². The predicted octanol–water partition coefficient (Wildman–Crippen LogP) is 2.21. The molecule has 0 radical (unpaired) electrons. The number of nitrogens with one attached hydrogen (secondary N) is 1. The number of halogens is 1. The van der Waals surface area contributed by atoms with Crippen LogP contribution in [0.1, 0.15) is 32.0 Å².